The fraction of sp³-hybridized carbons (Fsp3) is 0.481. The zero-order valence-corrected chi connectivity index (χ0v) is 21.2. The smallest absolute Gasteiger partial charge is 0.271 e. The Morgan fingerprint density at radius 2 is 2.00 bits per heavy atom. The first-order chi connectivity index (χ1) is 16.8. The van der Waals surface area contributed by atoms with Crippen molar-refractivity contribution in [3.05, 3.63) is 47.0 Å². The number of thiophene rings is 1. The molecule has 0 bridgehead atoms. The van der Waals surface area contributed by atoms with E-state index in [1.54, 1.807) is 16.2 Å². The molecule has 1 saturated carbocycles. The summed E-state index contributed by atoms with van der Waals surface area (Å²) in [7, 11) is 0. The Morgan fingerprint density at radius 1 is 1.17 bits per heavy atom. The van der Waals surface area contributed by atoms with E-state index in [2.05, 4.69) is 19.2 Å². The van der Waals surface area contributed by atoms with Gasteiger partial charge in [0.15, 0.2) is 11.5 Å². The summed E-state index contributed by atoms with van der Waals surface area (Å²) >= 11 is 1.62. The zero-order valence-electron chi connectivity index (χ0n) is 20.4. The predicted octanol–water partition coefficient (Wildman–Crippen LogP) is 4.79. The molecule has 7 nitrogen and oxygen atoms in total. The van der Waals surface area contributed by atoms with E-state index in [1.165, 1.54) is 6.42 Å². The number of carbonyl (C=O) groups excluding carboxylic acids is 2. The van der Waals surface area contributed by atoms with Gasteiger partial charge in [-0.25, -0.2) is 0 Å². The molecule has 1 fully saturated rings. The first kappa shape index (κ1) is 22.5. The number of hydrogen-bond acceptors (Lipinski definition) is 5. The Balaban J connectivity index is 1.37. The molecule has 8 heteroatoms. The number of carbonyl (C=O) groups is 2. The molecule has 35 heavy (non-hydrogen) atoms. The Kier molecular flexibility index (Phi) is 5.32. The van der Waals surface area contributed by atoms with Crippen LogP contribution in [0.15, 0.2) is 35.7 Å². The molecule has 3 aliphatic rings. The minimum Gasteiger partial charge on any atom is -0.454 e. The van der Waals surface area contributed by atoms with Crippen molar-refractivity contribution in [2.75, 3.05) is 6.79 Å². The number of nitrogens with zero attached hydrogens (tertiary/aromatic N) is 2. The average molecular weight is 494 g/mol. The van der Waals surface area contributed by atoms with Crippen molar-refractivity contribution in [3.8, 4) is 11.5 Å². The minimum atomic E-state index is -1.03. The standard InChI is InChI=1S/C27H31N3O4S/c1-16-5-4-6-19(17(16)2)28-26(32)27(3)14-29-20-9-10-35-24(20)12-21(29)25(31)30(27)13-18-7-8-22-23(11-18)34-15-33-22/h7-12,16-17,19H,4-6,13-15H2,1-3H3,(H,28,32)/t16-,17+,19+,27+/m1/s1. The molecule has 4 atom stereocenters. The number of ether oxygens (including phenoxy) is 2. The second kappa shape index (κ2) is 8.29. The monoisotopic (exact) mass is 493 g/mol. The van der Waals surface area contributed by atoms with E-state index in [-0.39, 0.29) is 24.6 Å². The van der Waals surface area contributed by atoms with Gasteiger partial charge >= 0.3 is 0 Å². The summed E-state index contributed by atoms with van der Waals surface area (Å²) in [4.78, 5) is 29.7. The molecule has 3 aromatic rings. The van der Waals surface area contributed by atoms with Crippen LogP contribution in [0, 0.1) is 11.8 Å². The van der Waals surface area contributed by atoms with Crippen molar-refractivity contribution in [1.82, 2.24) is 14.8 Å². The van der Waals surface area contributed by atoms with Crippen LogP contribution in [0.5, 0.6) is 11.5 Å². The average Bonchev–Trinajstić information content (AvgIpc) is 3.56. The molecule has 6 rings (SSSR count). The molecule has 1 aliphatic carbocycles. The number of benzene rings is 1. The van der Waals surface area contributed by atoms with Gasteiger partial charge in [-0.2, -0.15) is 0 Å². The van der Waals surface area contributed by atoms with Crippen LogP contribution in [0.1, 0.15) is 56.1 Å². The molecule has 2 aromatic heterocycles. The van der Waals surface area contributed by atoms with E-state index >= 15 is 0 Å². The summed E-state index contributed by atoms with van der Waals surface area (Å²) in [6, 6.07) is 9.83. The maximum Gasteiger partial charge on any atom is 0.271 e. The number of amides is 2. The number of rotatable bonds is 4. The molecule has 0 saturated heterocycles. The van der Waals surface area contributed by atoms with Crippen LogP contribution in [0.2, 0.25) is 0 Å². The summed E-state index contributed by atoms with van der Waals surface area (Å²) in [5, 5.41) is 5.40. The molecule has 1 N–H and O–H groups in total. The van der Waals surface area contributed by atoms with E-state index in [1.807, 2.05) is 47.2 Å². The molecule has 0 unspecified atom stereocenters. The van der Waals surface area contributed by atoms with Crippen molar-refractivity contribution in [3.63, 3.8) is 0 Å². The van der Waals surface area contributed by atoms with Crippen LogP contribution < -0.4 is 14.8 Å². The van der Waals surface area contributed by atoms with Crippen LogP contribution in [0.3, 0.4) is 0 Å². The quantitative estimate of drug-likeness (QED) is 0.567. The van der Waals surface area contributed by atoms with Gasteiger partial charge in [0.05, 0.1) is 16.8 Å². The number of fused-ring (bicyclic) bond motifs is 4. The Labute approximate surface area is 209 Å². The molecule has 1 aromatic carbocycles. The maximum absolute atomic E-state index is 14.0. The number of nitrogens with one attached hydrogen (secondary N) is 1. The van der Waals surface area contributed by atoms with Crippen molar-refractivity contribution in [1.29, 1.82) is 0 Å². The van der Waals surface area contributed by atoms with E-state index in [4.69, 9.17) is 9.47 Å². The summed E-state index contributed by atoms with van der Waals surface area (Å²) in [5.41, 5.74) is 1.52. The Hall–Kier alpha value is -3.00. The first-order valence-corrected chi connectivity index (χ1v) is 13.3. The maximum atomic E-state index is 14.0. The van der Waals surface area contributed by atoms with Gasteiger partial charge in [-0.15, -0.1) is 11.3 Å². The highest BCUT2D eigenvalue weighted by molar-refractivity contribution is 7.17. The SMILES string of the molecule is C[C@H]1[C@H](C)CCC[C@@H]1NC(=O)[C@]1(C)Cn2c(cc3sccc32)C(=O)N1Cc1ccc2c(c1)OCO2. The van der Waals surface area contributed by atoms with Gasteiger partial charge in [0, 0.05) is 12.6 Å². The van der Waals surface area contributed by atoms with Crippen molar-refractivity contribution >= 4 is 33.4 Å². The number of hydrogen-bond donors (Lipinski definition) is 1. The third kappa shape index (κ3) is 3.61. The highest BCUT2D eigenvalue weighted by Gasteiger charge is 2.48. The molecule has 2 aliphatic heterocycles. The third-order valence-electron chi connectivity index (χ3n) is 8.34. The van der Waals surface area contributed by atoms with Crippen LogP contribution in [0.4, 0.5) is 0 Å². The van der Waals surface area contributed by atoms with Gasteiger partial charge in [-0.3, -0.25) is 9.59 Å². The first-order valence-electron chi connectivity index (χ1n) is 12.4. The van der Waals surface area contributed by atoms with Crippen LogP contribution in [-0.2, 0) is 17.9 Å². The molecule has 0 spiro atoms. The van der Waals surface area contributed by atoms with Gasteiger partial charge in [-0.1, -0.05) is 32.8 Å². The van der Waals surface area contributed by atoms with Crippen LogP contribution in [0.25, 0.3) is 10.2 Å². The Morgan fingerprint density at radius 3 is 2.86 bits per heavy atom. The normalized spacial score (nSPS) is 27.8. The lowest BCUT2D eigenvalue weighted by atomic mass is 9.77. The predicted molar refractivity (Wildman–Crippen MR) is 135 cm³/mol. The molecule has 2 amide bonds. The van der Waals surface area contributed by atoms with Gasteiger partial charge in [0.2, 0.25) is 12.7 Å². The summed E-state index contributed by atoms with van der Waals surface area (Å²) in [6.45, 7) is 7.33. The summed E-state index contributed by atoms with van der Waals surface area (Å²) in [5.74, 6) is 2.14. The topological polar surface area (TPSA) is 72.8 Å². The molecule has 4 heterocycles. The molecule has 184 valence electrons. The second-order valence-electron chi connectivity index (χ2n) is 10.5. The van der Waals surface area contributed by atoms with E-state index in [0.717, 1.165) is 28.6 Å². The van der Waals surface area contributed by atoms with E-state index in [9.17, 15) is 9.59 Å². The lowest BCUT2D eigenvalue weighted by Gasteiger charge is -2.45. The van der Waals surface area contributed by atoms with Gasteiger partial charge < -0.3 is 24.3 Å². The highest BCUT2D eigenvalue weighted by Crippen LogP contribution is 2.38. The summed E-state index contributed by atoms with van der Waals surface area (Å²) in [6.07, 6.45) is 3.29. The van der Waals surface area contributed by atoms with Gasteiger partial charge in [0.1, 0.15) is 11.2 Å². The van der Waals surface area contributed by atoms with E-state index in [0.29, 0.717) is 42.1 Å². The van der Waals surface area contributed by atoms with Crippen molar-refractivity contribution < 1.29 is 19.1 Å². The molecule has 0 radical (unpaired) electrons. The lowest BCUT2D eigenvalue weighted by molar-refractivity contribution is -0.134. The van der Waals surface area contributed by atoms with E-state index < -0.39 is 5.54 Å². The minimum absolute atomic E-state index is 0.0831. The lowest BCUT2D eigenvalue weighted by Crippen LogP contribution is -2.65. The van der Waals surface area contributed by atoms with Gasteiger partial charge in [-0.05, 0) is 60.4 Å². The second-order valence-corrected chi connectivity index (χ2v) is 11.4. The highest BCUT2D eigenvalue weighted by atomic mass is 32.1. The van der Waals surface area contributed by atoms with Crippen molar-refractivity contribution in [2.24, 2.45) is 11.8 Å². The Bertz CT molecular complexity index is 1310. The third-order valence-corrected chi connectivity index (χ3v) is 9.19. The van der Waals surface area contributed by atoms with Crippen LogP contribution in [-0.4, -0.2) is 39.7 Å². The summed E-state index contributed by atoms with van der Waals surface area (Å²) < 4.78 is 14.1. The fourth-order valence-corrected chi connectivity index (χ4v) is 6.67. The number of aromatic nitrogens is 1. The molecular formula is C27H31N3O4S. The largest absolute Gasteiger partial charge is 0.454 e. The van der Waals surface area contributed by atoms with Gasteiger partial charge in [0.25, 0.3) is 5.91 Å². The zero-order chi connectivity index (χ0) is 24.3. The van der Waals surface area contributed by atoms with Crippen molar-refractivity contribution in [2.45, 2.75) is 64.7 Å². The molecular weight excluding hydrogens is 462 g/mol. The fourth-order valence-electron chi connectivity index (χ4n) is 5.85. The van der Waals surface area contributed by atoms with Crippen LogP contribution >= 0.6 is 11.3 Å².